The molecule has 0 aromatic carbocycles. The van der Waals surface area contributed by atoms with Gasteiger partial charge in [0.2, 0.25) is 5.91 Å². The van der Waals surface area contributed by atoms with E-state index in [1.54, 1.807) is 4.90 Å². The van der Waals surface area contributed by atoms with Gasteiger partial charge in [0.1, 0.15) is 0 Å². The van der Waals surface area contributed by atoms with Gasteiger partial charge in [-0.05, 0) is 12.8 Å². The SMILES string of the molecule is CCCCCCCCCCCCCCCCCCOCC(O)CN(CCO)C(=O)CCCCCCCCCCCCCCC. The van der Waals surface area contributed by atoms with E-state index in [4.69, 9.17) is 4.74 Å². The first-order valence-corrected chi connectivity index (χ1v) is 19.8. The Kier molecular flexibility index (Phi) is 36.3. The van der Waals surface area contributed by atoms with Crippen molar-refractivity contribution in [1.82, 2.24) is 4.90 Å². The summed E-state index contributed by atoms with van der Waals surface area (Å²) in [4.78, 5) is 14.3. The summed E-state index contributed by atoms with van der Waals surface area (Å²) < 4.78 is 5.71. The van der Waals surface area contributed by atoms with E-state index < -0.39 is 6.10 Å². The molecule has 0 aromatic rings. The van der Waals surface area contributed by atoms with Crippen LogP contribution in [0.15, 0.2) is 0 Å². The quantitative estimate of drug-likeness (QED) is 0.0674. The molecule has 0 saturated heterocycles. The second-order valence-corrected chi connectivity index (χ2v) is 13.6. The standard InChI is InChI=1S/C39H79NO4/c1-3-5-7-9-11-13-15-17-18-19-21-23-25-27-29-31-35-44-37-38(42)36-40(33-34-41)39(43)32-30-28-26-24-22-20-16-14-12-10-8-6-4-2/h38,41-42H,3-37H2,1-2H3. The minimum atomic E-state index is -0.696. The average Bonchev–Trinajstić information content (AvgIpc) is 3.02. The van der Waals surface area contributed by atoms with Crippen LogP contribution in [-0.2, 0) is 9.53 Å². The van der Waals surface area contributed by atoms with Gasteiger partial charge in [0, 0.05) is 26.1 Å². The molecule has 0 aliphatic rings. The molecule has 5 nitrogen and oxygen atoms in total. The van der Waals surface area contributed by atoms with E-state index in [1.807, 2.05) is 0 Å². The molecule has 0 saturated carbocycles. The van der Waals surface area contributed by atoms with E-state index in [9.17, 15) is 15.0 Å². The van der Waals surface area contributed by atoms with Crippen LogP contribution in [0.5, 0.6) is 0 Å². The molecule has 0 aliphatic heterocycles. The fourth-order valence-corrected chi connectivity index (χ4v) is 6.17. The van der Waals surface area contributed by atoms with Crippen molar-refractivity contribution in [3.8, 4) is 0 Å². The molecule has 0 rings (SSSR count). The third-order valence-electron chi connectivity index (χ3n) is 9.10. The highest BCUT2D eigenvalue weighted by Gasteiger charge is 2.17. The Balaban J connectivity index is 3.59. The lowest BCUT2D eigenvalue weighted by Crippen LogP contribution is -2.40. The third kappa shape index (κ3) is 32.7. The van der Waals surface area contributed by atoms with Gasteiger partial charge < -0.3 is 19.8 Å². The number of rotatable bonds is 37. The summed E-state index contributed by atoms with van der Waals surface area (Å²) in [6.07, 6.45) is 38.2. The lowest BCUT2D eigenvalue weighted by molar-refractivity contribution is -0.134. The van der Waals surface area contributed by atoms with Crippen LogP contribution in [0.4, 0.5) is 0 Å². The van der Waals surface area contributed by atoms with Gasteiger partial charge in [-0.25, -0.2) is 0 Å². The number of amides is 1. The molecular formula is C39H79NO4. The first-order valence-electron chi connectivity index (χ1n) is 19.8. The fraction of sp³-hybridized carbons (Fsp3) is 0.974. The zero-order chi connectivity index (χ0) is 32.2. The Morgan fingerprint density at radius 2 is 0.886 bits per heavy atom. The molecule has 1 unspecified atom stereocenters. The number of nitrogens with zero attached hydrogens (tertiary/aromatic N) is 1. The molecule has 0 bridgehead atoms. The monoisotopic (exact) mass is 626 g/mol. The highest BCUT2D eigenvalue weighted by atomic mass is 16.5. The Morgan fingerprint density at radius 1 is 0.545 bits per heavy atom. The first-order chi connectivity index (χ1) is 21.7. The largest absolute Gasteiger partial charge is 0.395 e. The van der Waals surface area contributed by atoms with Gasteiger partial charge in [-0.15, -0.1) is 0 Å². The summed E-state index contributed by atoms with van der Waals surface area (Å²) in [6, 6.07) is 0. The minimum Gasteiger partial charge on any atom is -0.395 e. The van der Waals surface area contributed by atoms with Gasteiger partial charge in [0.25, 0.3) is 0 Å². The number of aliphatic hydroxyl groups excluding tert-OH is 2. The predicted octanol–water partition coefficient (Wildman–Crippen LogP) is 10.9. The van der Waals surface area contributed by atoms with E-state index in [2.05, 4.69) is 13.8 Å². The molecule has 264 valence electrons. The van der Waals surface area contributed by atoms with E-state index >= 15 is 0 Å². The number of ether oxygens (including phenoxy) is 1. The Labute approximate surface area is 275 Å². The number of unbranched alkanes of at least 4 members (excludes halogenated alkanes) is 27. The van der Waals surface area contributed by atoms with Crippen LogP contribution in [-0.4, -0.2) is 60.0 Å². The molecule has 1 amide bonds. The molecule has 0 fully saturated rings. The number of carbonyl (C=O) groups is 1. The second kappa shape index (κ2) is 36.8. The van der Waals surface area contributed by atoms with Crippen LogP contribution in [0.2, 0.25) is 0 Å². The van der Waals surface area contributed by atoms with Crippen molar-refractivity contribution in [2.24, 2.45) is 0 Å². The van der Waals surface area contributed by atoms with Crippen LogP contribution in [0, 0.1) is 0 Å². The molecule has 0 spiro atoms. The summed E-state index contributed by atoms with van der Waals surface area (Å²) in [6.45, 7) is 5.94. The number of carbonyl (C=O) groups excluding carboxylic acids is 1. The summed E-state index contributed by atoms with van der Waals surface area (Å²) >= 11 is 0. The maximum Gasteiger partial charge on any atom is 0.222 e. The third-order valence-corrected chi connectivity index (χ3v) is 9.10. The van der Waals surface area contributed by atoms with Crippen molar-refractivity contribution in [2.45, 2.75) is 213 Å². The summed E-state index contributed by atoms with van der Waals surface area (Å²) in [7, 11) is 0. The van der Waals surface area contributed by atoms with Crippen molar-refractivity contribution in [1.29, 1.82) is 0 Å². The second-order valence-electron chi connectivity index (χ2n) is 13.6. The van der Waals surface area contributed by atoms with Crippen molar-refractivity contribution in [3.63, 3.8) is 0 Å². The fourth-order valence-electron chi connectivity index (χ4n) is 6.17. The molecule has 2 N–H and O–H groups in total. The maximum absolute atomic E-state index is 12.7. The number of hydrogen-bond donors (Lipinski definition) is 2. The van der Waals surface area contributed by atoms with Gasteiger partial charge in [-0.3, -0.25) is 4.79 Å². The van der Waals surface area contributed by atoms with E-state index in [-0.39, 0.29) is 32.2 Å². The zero-order valence-corrected chi connectivity index (χ0v) is 30.0. The molecule has 0 aromatic heterocycles. The molecule has 0 aliphatic carbocycles. The number of aliphatic hydroxyl groups is 2. The maximum atomic E-state index is 12.7. The van der Waals surface area contributed by atoms with Crippen LogP contribution in [0.3, 0.4) is 0 Å². The summed E-state index contributed by atoms with van der Waals surface area (Å²) in [5.74, 6) is 0.0407. The van der Waals surface area contributed by atoms with Gasteiger partial charge in [0.15, 0.2) is 0 Å². The minimum absolute atomic E-state index is 0.0407. The Morgan fingerprint density at radius 3 is 1.25 bits per heavy atom. The average molecular weight is 626 g/mol. The topological polar surface area (TPSA) is 70.0 Å². The highest BCUT2D eigenvalue weighted by Crippen LogP contribution is 2.15. The van der Waals surface area contributed by atoms with Gasteiger partial charge >= 0.3 is 0 Å². The number of hydrogen-bond acceptors (Lipinski definition) is 4. The van der Waals surface area contributed by atoms with Crippen LogP contribution >= 0.6 is 0 Å². The molecular weight excluding hydrogens is 546 g/mol. The van der Waals surface area contributed by atoms with Gasteiger partial charge in [0.05, 0.1) is 19.3 Å². The van der Waals surface area contributed by atoms with E-state index in [0.29, 0.717) is 13.0 Å². The molecule has 0 heterocycles. The Bertz CT molecular complexity index is 558. The first kappa shape index (κ1) is 43.4. The molecule has 5 heteroatoms. The predicted molar refractivity (Wildman–Crippen MR) is 190 cm³/mol. The van der Waals surface area contributed by atoms with Crippen LogP contribution in [0.1, 0.15) is 206 Å². The van der Waals surface area contributed by atoms with Crippen LogP contribution in [0.25, 0.3) is 0 Å². The molecule has 44 heavy (non-hydrogen) atoms. The van der Waals surface area contributed by atoms with Crippen LogP contribution < -0.4 is 0 Å². The smallest absolute Gasteiger partial charge is 0.222 e. The normalized spacial score (nSPS) is 12.2. The van der Waals surface area contributed by atoms with Gasteiger partial charge in [-0.1, -0.05) is 187 Å². The lowest BCUT2D eigenvalue weighted by Gasteiger charge is -2.24. The van der Waals surface area contributed by atoms with Crippen molar-refractivity contribution in [3.05, 3.63) is 0 Å². The van der Waals surface area contributed by atoms with Crippen molar-refractivity contribution < 1.29 is 19.7 Å². The Hall–Kier alpha value is -0.650. The lowest BCUT2D eigenvalue weighted by atomic mass is 10.0. The van der Waals surface area contributed by atoms with Crippen molar-refractivity contribution in [2.75, 3.05) is 32.9 Å². The van der Waals surface area contributed by atoms with Gasteiger partial charge in [-0.2, -0.15) is 0 Å². The van der Waals surface area contributed by atoms with Crippen molar-refractivity contribution >= 4 is 5.91 Å². The van der Waals surface area contributed by atoms with E-state index in [0.717, 1.165) is 19.3 Å². The zero-order valence-electron chi connectivity index (χ0n) is 30.0. The summed E-state index contributed by atoms with van der Waals surface area (Å²) in [5.41, 5.74) is 0. The van der Waals surface area contributed by atoms with E-state index in [1.165, 1.54) is 167 Å². The highest BCUT2D eigenvalue weighted by molar-refractivity contribution is 5.76. The molecule has 0 radical (unpaired) electrons. The molecule has 1 atom stereocenters. The summed E-state index contributed by atoms with van der Waals surface area (Å²) in [5, 5.41) is 19.8.